The van der Waals surface area contributed by atoms with Crippen LogP contribution >= 0.6 is 12.2 Å². The molecule has 1 aromatic rings. The van der Waals surface area contributed by atoms with E-state index in [4.69, 9.17) is 18.0 Å². The summed E-state index contributed by atoms with van der Waals surface area (Å²) < 4.78 is 1.59. The molecule has 5 nitrogen and oxygen atoms in total. The Morgan fingerprint density at radius 1 is 1.75 bits per heavy atom. The molecule has 0 aliphatic rings. The molecule has 0 saturated heterocycles. The van der Waals surface area contributed by atoms with Gasteiger partial charge in [0, 0.05) is 7.05 Å². The molecule has 6 heteroatoms. The van der Waals surface area contributed by atoms with E-state index in [0.29, 0.717) is 4.99 Å². The highest BCUT2D eigenvalue weighted by Crippen LogP contribution is 2.15. The molecule has 0 spiro atoms. The van der Waals surface area contributed by atoms with E-state index in [0.717, 1.165) is 12.2 Å². The first-order valence-electron chi connectivity index (χ1n) is 3.68. The SMILES string of the molecule is CCC(C(N)=S)c1nnnn1C. The molecular formula is C6H11N5S. The summed E-state index contributed by atoms with van der Waals surface area (Å²) in [7, 11) is 1.77. The van der Waals surface area contributed by atoms with Crippen molar-refractivity contribution in [2.45, 2.75) is 19.3 Å². The van der Waals surface area contributed by atoms with Crippen LogP contribution in [0.1, 0.15) is 25.1 Å². The van der Waals surface area contributed by atoms with Gasteiger partial charge in [-0.3, -0.25) is 0 Å². The van der Waals surface area contributed by atoms with Gasteiger partial charge in [-0.15, -0.1) is 5.10 Å². The summed E-state index contributed by atoms with van der Waals surface area (Å²) in [6, 6.07) is 0. The van der Waals surface area contributed by atoms with Crippen molar-refractivity contribution in [3.63, 3.8) is 0 Å². The lowest BCUT2D eigenvalue weighted by atomic mass is 10.1. The summed E-state index contributed by atoms with van der Waals surface area (Å²) in [5, 5.41) is 11.1. The highest BCUT2D eigenvalue weighted by Gasteiger charge is 2.17. The average molecular weight is 185 g/mol. The number of nitrogens with zero attached hydrogens (tertiary/aromatic N) is 4. The van der Waals surface area contributed by atoms with Crippen LogP contribution in [0.15, 0.2) is 0 Å². The van der Waals surface area contributed by atoms with Gasteiger partial charge in [0.05, 0.1) is 10.9 Å². The van der Waals surface area contributed by atoms with Crippen LogP contribution in [-0.4, -0.2) is 25.2 Å². The van der Waals surface area contributed by atoms with Crippen LogP contribution < -0.4 is 5.73 Å². The second-order valence-corrected chi connectivity index (χ2v) is 3.00. The topological polar surface area (TPSA) is 69.6 Å². The molecule has 0 aliphatic carbocycles. The Hall–Kier alpha value is -1.04. The van der Waals surface area contributed by atoms with Gasteiger partial charge in [-0.05, 0) is 16.8 Å². The minimum Gasteiger partial charge on any atom is -0.393 e. The van der Waals surface area contributed by atoms with Gasteiger partial charge in [0.2, 0.25) is 0 Å². The molecule has 1 aromatic heterocycles. The van der Waals surface area contributed by atoms with Gasteiger partial charge in [-0.25, -0.2) is 4.68 Å². The van der Waals surface area contributed by atoms with E-state index in [-0.39, 0.29) is 5.92 Å². The Morgan fingerprint density at radius 2 is 2.42 bits per heavy atom. The molecule has 0 aromatic carbocycles. The van der Waals surface area contributed by atoms with Gasteiger partial charge < -0.3 is 5.73 Å². The lowest BCUT2D eigenvalue weighted by Gasteiger charge is -2.09. The summed E-state index contributed by atoms with van der Waals surface area (Å²) in [6.07, 6.45) is 0.823. The van der Waals surface area contributed by atoms with E-state index >= 15 is 0 Å². The molecule has 1 unspecified atom stereocenters. The zero-order valence-electron chi connectivity index (χ0n) is 7.06. The number of nitrogens with two attached hydrogens (primary N) is 1. The molecular weight excluding hydrogens is 174 g/mol. The summed E-state index contributed by atoms with van der Waals surface area (Å²) in [5.74, 6) is 0.713. The maximum absolute atomic E-state index is 5.53. The predicted octanol–water partition coefficient (Wildman–Crippen LogP) is -0.0102. The fraction of sp³-hybridized carbons (Fsp3) is 0.667. The van der Waals surface area contributed by atoms with E-state index in [2.05, 4.69) is 15.5 Å². The summed E-state index contributed by atoms with van der Waals surface area (Å²) in [6.45, 7) is 2.00. The number of thiocarbonyl (C=S) groups is 1. The van der Waals surface area contributed by atoms with E-state index in [1.807, 2.05) is 6.92 Å². The van der Waals surface area contributed by atoms with Crippen molar-refractivity contribution in [2.75, 3.05) is 0 Å². The van der Waals surface area contributed by atoms with Crippen LogP contribution in [0.25, 0.3) is 0 Å². The van der Waals surface area contributed by atoms with Crippen molar-refractivity contribution < 1.29 is 0 Å². The number of hydrogen-bond acceptors (Lipinski definition) is 4. The fourth-order valence-electron chi connectivity index (χ4n) is 1.04. The largest absolute Gasteiger partial charge is 0.393 e. The molecule has 2 N–H and O–H groups in total. The lowest BCUT2D eigenvalue weighted by Crippen LogP contribution is -2.21. The monoisotopic (exact) mass is 185 g/mol. The third-order valence-corrected chi connectivity index (χ3v) is 2.00. The Kier molecular flexibility index (Phi) is 2.69. The number of aromatic nitrogens is 4. The quantitative estimate of drug-likeness (QED) is 0.671. The number of rotatable bonds is 3. The van der Waals surface area contributed by atoms with Gasteiger partial charge in [0.25, 0.3) is 0 Å². The van der Waals surface area contributed by atoms with Crippen molar-refractivity contribution >= 4 is 17.2 Å². The Bertz CT molecular complexity index is 281. The van der Waals surface area contributed by atoms with Crippen LogP contribution in [0, 0.1) is 0 Å². The van der Waals surface area contributed by atoms with E-state index in [1.54, 1.807) is 11.7 Å². The minimum atomic E-state index is -0.0139. The summed E-state index contributed by atoms with van der Waals surface area (Å²) >= 11 is 4.89. The predicted molar refractivity (Wildman–Crippen MR) is 48.6 cm³/mol. The molecule has 0 aliphatic heterocycles. The average Bonchev–Trinajstić information content (AvgIpc) is 2.38. The van der Waals surface area contributed by atoms with Gasteiger partial charge >= 0.3 is 0 Å². The van der Waals surface area contributed by atoms with Crippen LogP contribution in [-0.2, 0) is 7.05 Å². The highest BCUT2D eigenvalue weighted by molar-refractivity contribution is 7.80. The number of hydrogen-bond donors (Lipinski definition) is 1. The summed E-state index contributed by atoms with van der Waals surface area (Å²) in [5.41, 5.74) is 5.53. The Morgan fingerprint density at radius 3 is 2.75 bits per heavy atom. The second-order valence-electron chi connectivity index (χ2n) is 2.52. The van der Waals surface area contributed by atoms with Crippen molar-refractivity contribution in [1.82, 2.24) is 20.2 Å². The van der Waals surface area contributed by atoms with Crippen LogP contribution in [0.4, 0.5) is 0 Å². The maximum atomic E-state index is 5.53. The van der Waals surface area contributed by atoms with Crippen molar-refractivity contribution in [3.8, 4) is 0 Å². The van der Waals surface area contributed by atoms with Crippen LogP contribution in [0.2, 0.25) is 0 Å². The smallest absolute Gasteiger partial charge is 0.160 e. The first-order valence-corrected chi connectivity index (χ1v) is 4.09. The minimum absolute atomic E-state index is 0.0139. The molecule has 0 amide bonds. The second kappa shape index (κ2) is 3.57. The van der Waals surface area contributed by atoms with E-state index in [9.17, 15) is 0 Å². The molecule has 0 bridgehead atoms. The Labute approximate surface area is 75.9 Å². The van der Waals surface area contributed by atoms with E-state index < -0.39 is 0 Å². The first kappa shape index (κ1) is 9.05. The third-order valence-electron chi connectivity index (χ3n) is 1.72. The normalized spacial score (nSPS) is 12.8. The molecule has 66 valence electrons. The maximum Gasteiger partial charge on any atom is 0.160 e. The van der Waals surface area contributed by atoms with Gasteiger partial charge in [0.1, 0.15) is 0 Å². The first-order chi connectivity index (χ1) is 5.66. The highest BCUT2D eigenvalue weighted by atomic mass is 32.1. The third kappa shape index (κ3) is 1.58. The van der Waals surface area contributed by atoms with Crippen molar-refractivity contribution in [1.29, 1.82) is 0 Å². The van der Waals surface area contributed by atoms with Crippen molar-refractivity contribution in [3.05, 3.63) is 5.82 Å². The molecule has 12 heavy (non-hydrogen) atoms. The van der Waals surface area contributed by atoms with Gasteiger partial charge in [-0.2, -0.15) is 0 Å². The molecule has 0 radical (unpaired) electrons. The fourth-order valence-corrected chi connectivity index (χ4v) is 1.31. The standard InChI is InChI=1S/C6H11N5S/c1-3-4(5(7)12)6-8-9-10-11(6)2/h4H,3H2,1-2H3,(H2,7,12). The molecule has 0 fully saturated rings. The lowest BCUT2D eigenvalue weighted by molar-refractivity contribution is 0.651. The Balaban J connectivity index is 2.94. The van der Waals surface area contributed by atoms with Crippen LogP contribution in [0.5, 0.6) is 0 Å². The number of aryl methyl sites for hydroxylation is 1. The molecule has 1 rings (SSSR count). The van der Waals surface area contributed by atoms with E-state index in [1.165, 1.54) is 0 Å². The van der Waals surface area contributed by atoms with Gasteiger partial charge in [0.15, 0.2) is 5.82 Å². The van der Waals surface area contributed by atoms with Crippen LogP contribution in [0.3, 0.4) is 0 Å². The molecule has 1 atom stereocenters. The summed E-state index contributed by atoms with van der Waals surface area (Å²) in [4.78, 5) is 0.440. The van der Waals surface area contributed by atoms with Gasteiger partial charge in [-0.1, -0.05) is 19.1 Å². The van der Waals surface area contributed by atoms with Crippen molar-refractivity contribution in [2.24, 2.45) is 12.8 Å². The molecule has 1 heterocycles. The zero-order chi connectivity index (χ0) is 9.14. The number of tetrazole rings is 1. The zero-order valence-corrected chi connectivity index (χ0v) is 7.88. The molecule has 0 saturated carbocycles.